The molecule has 0 radical (unpaired) electrons. The number of hydrogen-bond donors (Lipinski definition) is 0. The summed E-state index contributed by atoms with van der Waals surface area (Å²) in [4.78, 5) is 6.90. The van der Waals surface area contributed by atoms with Gasteiger partial charge < -0.3 is 23.8 Å². The number of rotatable bonds is 6. The molecular formula is C25H23Cl2N3O4. The van der Waals surface area contributed by atoms with Crippen molar-refractivity contribution in [2.45, 2.75) is 0 Å². The number of aromatic nitrogens is 1. The van der Waals surface area contributed by atoms with E-state index < -0.39 is 0 Å². The molecule has 34 heavy (non-hydrogen) atoms. The molecule has 0 saturated carbocycles. The molecule has 4 rings (SSSR count). The summed E-state index contributed by atoms with van der Waals surface area (Å²) in [5.74, 6) is 1.96. The van der Waals surface area contributed by atoms with Gasteiger partial charge in [0.25, 0.3) is 0 Å². The predicted octanol–water partition coefficient (Wildman–Crippen LogP) is 5.46. The van der Waals surface area contributed by atoms with Crippen LogP contribution in [0.3, 0.4) is 0 Å². The summed E-state index contributed by atoms with van der Waals surface area (Å²) >= 11 is 13.1. The Morgan fingerprint density at radius 1 is 0.971 bits per heavy atom. The molecule has 176 valence electrons. The zero-order chi connectivity index (χ0) is 24.2. The van der Waals surface area contributed by atoms with Gasteiger partial charge in [0.1, 0.15) is 17.5 Å². The average Bonchev–Trinajstić information content (AvgIpc) is 2.87. The second kappa shape index (κ2) is 10.4. The number of ether oxygens (including phenoxy) is 4. The van der Waals surface area contributed by atoms with E-state index in [4.69, 9.17) is 47.1 Å². The van der Waals surface area contributed by atoms with Crippen molar-refractivity contribution in [3.05, 3.63) is 52.0 Å². The Hall–Kier alpha value is -3.18. The van der Waals surface area contributed by atoms with E-state index in [1.807, 2.05) is 11.0 Å². The molecule has 0 N–H and O–H groups in total. The summed E-state index contributed by atoms with van der Waals surface area (Å²) in [5.41, 5.74) is 2.91. The molecule has 1 aliphatic rings. The van der Waals surface area contributed by atoms with E-state index in [-0.39, 0.29) is 0 Å². The fraction of sp³-hybridized carbons (Fsp3) is 0.280. The van der Waals surface area contributed by atoms with Crippen LogP contribution in [0.5, 0.6) is 17.2 Å². The minimum Gasteiger partial charge on any atom is -0.493 e. The molecule has 2 aromatic carbocycles. The highest BCUT2D eigenvalue weighted by Crippen LogP contribution is 2.44. The number of hydrogen-bond acceptors (Lipinski definition) is 7. The van der Waals surface area contributed by atoms with Crippen LogP contribution < -0.4 is 19.1 Å². The summed E-state index contributed by atoms with van der Waals surface area (Å²) in [7, 11) is 4.64. The van der Waals surface area contributed by atoms with E-state index in [2.05, 4.69) is 6.07 Å². The highest BCUT2D eigenvalue weighted by atomic mass is 35.5. The van der Waals surface area contributed by atoms with Gasteiger partial charge >= 0.3 is 0 Å². The molecular weight excluding hydrogens is 477 g/mol. The van der Waals surface area contributed by atoms with Crippen molar-refractivity contribution in [1.82, 2.24) is 4.98 Å². The fourth-order valence-electron chi connectivity index (χ4n) is 3.98. The molecule has 0 unspecified atom stereocenters. The lowest BCUT2D eigenvalue weighted by atomic mass is 9.97. The molecule has 2 heterocycles. The Morgan fingerprint density at radius 2 is 1.59 bits per heavy atom. The monoisotopic (exact) mass is 499 g/mol. The first kappa shape index (κ1) is 24.0. The molecule has 1 aliphatic heterocycles. The molecule has 7 nitrogen and oxygen atoms in total. The number of halogens is 2. The number of nitrogens with zero attached hydrogens (tertiary/aromatic N) is 3. The SMILES string of the molecule is COc1cc(-c2cc(-c3c(Cl)cccc3Cl)nc(N3CCOCC3)c2C#N)cc(OC)c1OC. The molecule has 0 aliphatic carbocycles. The Morgan fingerprint density at radius 3 is 2.12 bits per heavy atom. The molecule has 0 atom stereocenters. The number of benzene rings is 2. The van der Waals surface area contributed by atoms with Crippen LogP contribution in [0.25, 0.3) is 22.4 Å². The van der Waals surface area contributed by atoms with Gasteiger partial charge in [0.05, 0.1) is 50.3 Å². The van der Waals surface area contributed by atoms with E-state index in [1.54, 1.807) is 51.7 Å². The second-order valence-electron chi connectivity index (χ2n) is 7.48. The van der Waals surface area contributed by atoms with Crippen molar-refractivity contribution in [3.8, 4) is 45.7 Å². The van der Waals surface area contributed by atoms with Crippen LogP contribution in [0.15, 0.2) is 36.4 Å². The second-order valence-corrected chi connectivity index (χ2v) is 8.29. The maximum atomic E-state index is 10.2. The molecule has 0 bridgehead atoms. The van der Waals surface area contributed by atoms with Gasteiger partial charge in [-0.25, -0.2) is 4.98 Å². The van der Waals surface area contributed by atoms with Gasteiger partial charge in [-0.15, -0.1) is 0 Å². The van der Waals surface area contributed by atoms with Crippen LogP contribution in [-0.4, -0.2) is 52.6 Å². The Balaban J connectivity index is 2.03. The smallest absolute Gasteiger partial charge is 0.203 e. The van der Waals surface area contributed by atoms with Crippen molar-refractivity contribution >= 4 is 29.0 Å². The van der Waals surface area contributed by atoms with Crippen LogP contribution >= 0.6 is 23.2 Å². The summed E-state index contributed by atoms with van der Waals surface area (Å²) in [6, 6.07) is 13.1. The van der Waals surface area contributed by atoms with E-state index in [9.17, 15) is 5.26 Å². The molecule has 0 spiro atoms. The van der Waals surface area contributed by atoms with Gasteiger partial charge in [-0.1, -0.05) is 29.3 Å². The quantitative estimate of drug-likeness (QED) is 0.445. The Kier molecular flexibility index (Phi) is 7.32. The maximum absolute atomic E-state index is 10.2. The highest BCUT2D eigenvalue weighted by Gasteiger charge is 2.24. The first-order chi connectivity index (χ1) is 16.5. The van der Waals surface area contributed by atoms with Crippen molar-refractivity contribution in [3.63, 3.8) is 0 Å². The average molecular weight is 500 g/mol. The lowest BCUT2D eigenvalue weighted by Crippen LogP contribution is -2.37. The van der Waals surface area contributed by atoms with Crippen LogP contribution in [-0.2, 0) is 4.74 Å². The van der Waals surface area contributed by atoms with Crippen molar-refractivity contribution in [1.29, 1.82) is 5.26 Å². The first-order valence-electron chi connectivity index (χ1n) is 10.5. The van der Waals surface area contributed by atoms with E-state index in [0.29, 0.717) is 87.4 Å². The largest absolute Gasteiger partial charge is 0.493 e. The lowest BCUT2D eigenvalue weighted by Gasteiger charge is -2.29. The summed E-state index contributed by atoms with van der Waals surface area (Å²) in [6.07, 6.45) is 0. The fourth-order valence-corrected chi connectivity index (χ4v) is 4.57. The van der Waals surface area contributed by atoms with Crippen molar-refractivity contribution < 1.29 is 18.9 Å². The molecule has 1 fully saturated rings. The number of anilines is 1. The Labute approximate surface area is 208 Å². The molecule has 1 aromatic heterocycles. The normalized spacial score (nSPS) is 13.4. The van der Waals surface area contributed by atoms with Gasteiger partial charge in [-0.3, -0.25) is 0 Å². The molecule has 1 saturated heterocycles. The summed E-state index contributed by atoms with van der Waals surface area (Å²) in [5, 5.41) is 11.2. The first-order valence-corrected chi connectivity index (χ1v) is 11.3. The third-order valence-corrected chi connectivity index (χ3v) is 6.25. The van der Waals surface area contributed by atoms with Gasteiger partial charge in [0, 0.05) is 24.2 Å². The zero-order valence-corrected chi connectivity index (χ0v) is 20.5. The maximum Gasteiger partial charge on any atom is 0.203 e. The third-order valence-electron chi connectivity index (χ3n) is 5.62. The zero-order valence-electron chi connectivity index (χ0n) is 19.0. The topological polar surface area (TPSA) is 76.8 Å². The van der Waals surface area contributed by atoms with Crippen LogP contribution in [0, 0.1) is 11.3 Å². The van der Waals surface area contributed by atoms with Crippen LogP contribution in [0.4, 0.5) is 5.82 Å². The van der Waals surface area contributed by atoms with E-state index in [1.165, 1.54) is 0 Å². The lowest BCUT2D eigenvalue weighted by molar-refractivity contribution is 0.122. The third kappa shape index (κ3) is 4.45. The number of methoxy groups -OCH3 is 3. The van der Waals surface area contributed by atoms with Gasteiger partial charge in [-0.05, 0) is 35.9 Å². The van der Waals surface area contributed by atoms with Crippen LogP contribution in [0.1, 0.15) is 5.56 Å². The van der Waals surface area contributed by atoms with Crippen molar-refractivity contribution in [2.75, 3.05) is 52.5 Å². The summed E-state index contributed by atoms with van der Waals surface area (Å²) in [6.45, 7) is 2.30. The molecule has 0 amide bonds. The van der Waals surface area contributed by atoms with E-state index in [0.717, 1.165) is 0 Å². The summed E-state index contributed by atoms with van der Waals surface area (Å²) < 4.78 is 22.1. The molecule has 3 aromatic rings. The van der Waals surface area contributed by atoms with Crippen molar-refractivity contribution in [2.24, 2.45) is 0 Å². The van der Waals surface area contributed by atoms with E-state index >= 15 is 0 Å². The number of pyridine rings is 1. The van der Waals surface area contributed by atoms with Crippen LogP contribution in [0.2, 0.25) is 10.0 Å². The number of morpholine rings is 1. The van der Waals surface area contributed by atoms with Gasteiger partial charge in [0.15, 0.2) is 11.5 Å². The minimum atomic E-state index is 0.420. The number of nitriles is 1. The Bertz CT molecular complexity index is 1210. The highest BCUT2D eigenvalue weighted by molar-refractivity contribution is 6.39. The molecule has 9 heteroatoms. The van der Waals surface area contributed by atoms with Gasteiger partial charge in [0.2, 0.25) is 5.75 Å². The predicted molar refractivity (Wildman–Crippen MR) is 133 cm³/mol. The minimum absolute atomic E-state index is 0.420. The standard InChI is InChI=1S/C25H23Cl2N3O4/c1-31-21-11-15(12-22(32-2)24(21)33-3)16-13-20(23-18(26)5-4-6-19(23)27)29-25(17(16)14-28)30-7-9-34-10-8-30/h4-6,11-13H,7-10H2,1-3H3. The van der Waals surface area contributed by atoms with Gasteiger partial charge in [-0.2, -0.15) is 5.26 Å².